The van der Waals surface area contributed by atoms with E-state index in [-0.39, 0.29) is 6.61 Å². The Bertz CT molecular complexity index is 1080. The Morgan fingerprint density at radius 2 is 2.04 bits per heavy atom. The minimum atomic E-state index is -0.519. The number of carbonyl (C=O) groups excluding carboxylic acids is 2. The van der Waals surface area contributed by atoms with E-state index < -0.39 is 11.9 Å². The normalized spacial score (nSPS) is 11.8. The maximum absolute atomic E-state index is 12.4. The van der Waals surface area contributed by atoms with Gasteiger partial charge >= 0.3 is 5.97 Å². The summed E-state index contributed by atoms with van der Waals surface area (Å²) in [5.74, 6) is -0.109. The number of thiophene rings is 1. The van der Waals surface area contributed by atoms with E-state index in [4.69, 9.17) is 9.47 Å². The van der Waals surface area contributed by atoms with Crippen molar-refractivity contribution in [1.82, 2.24) is 0 Å². The molecule has 1 N–H and O–H groups in total. The number of ether oxygens (including phenoxy) is 2. The van der Waals surface area contributed by atoms with Gasteiger partial charge in [-0.3, -0.25) is 4.79 Å². The Hall–Kier alpha value is -2.64. The SMILES string of the molecule is Cc1ccc(NC(=O)COC(=O)c2cc3c(s2)-c2ccccc2OC3)c(Br)c1. The van der Waals surface area contributed by atoms with Crippen LogP contribution in [0, 0.1) is 6.92 Å². The van der Waals surface area contributed by atoms with Crippen LogP contribution in [0.2, 0.25) is 0 Å². The maximum Gasteiger partial charge on any atom is 0.348 e. The van der Waals surface area contributed by atoms with Crippen LogP contribution in [-0.2, 0) is 16.1 Å². The molecule has 0 radical (unpaired) electrons. The van der Waals surface area contributed by atoms with Crippen LogP contribution in [0.15, 0.2) is 53.0 Å². The number of halogens is 1. The quantitative estimate of drug-likeness (QED) is 0.548. The van der Waals surface area contributed by atoms with E-state index in [0.29, 0.717) is 17.2 Å². The number of carbonyl (C=O) groups is 2. The minimum absolute atomic E-state index is 0.352. The third-order valence-electron chi connectivity index (χ3n) is 4.26. The molecule has 0 unspecified atom stereocenters. The highest BCUT2D eigenvalue weighted by atomic mass is 79.9. The molecule has 1 aliphatic rings. The molecule has 0 atom stereocenters. The van der Waals surface area contributed by atoms with Crippen LogP contribution in [0.1, 0.15) is 20.8 Å². The third-order valence-corrected chi connectivity index (χ3v) is 6.10. The van der Waals surface area contributed by atoms with Gasteiger partial charge in [0.1, 0.15) is 17.2 Å². The number of esters is 1. The molecule has 5 nitrogen and oxygen atoms in total. The van der Waals surface area contributed by atoms with Crippen molar-refractivity contribution in [3.05, 3.63) is 69.0 Å². The molecule has 0 spiro atoms. The van der Waals surface area contributed by atoms with Crippen molar-refractivity contribution in [2.45, 2.75) is 13.5 Å². The van der Waals surface area contributed by atoms with Crippen molar-refractivity contribution in [2.24, 2.45) is 0 Å². The average molecular weight is 458 g/mol. The Labute approximate surface area is 174 Å². The molecule has 1 aliphatic heterocycles. The number of hydrogen-bond acceptors (Lipinski definition) is 5. The number of benzene rings is 2. The van der Waals surface area contributed by atoms with Gasteiger partial charge in [-0.05, 0) is 58.7 Å². The lowest BCUT2D eigenvalue weighted by atomic mass is 10.1. The molecule has 2 heterocycles. The molecule has 0 aliphatic carbocycles. The average Bonchev–Trinajstić information content (AvgIpc) is 3.13. The fourth-order valence-electron chi connectivity index (χ4n) is 2.91. The van der Waals surface area contributed by atoms with Gasteiger partial charge in [-0.15, -0.1) is 11.3 Å². The van der Waals surface area contributed by atoms with Crippen molar-refractivity contribution in [3.63, 3.8) is 0 Å². The summed E-state index contributed by atoms with van der Waals surface area (Å²) in [5, 5.41) is 2.73. The van der Waals surface area contributed by atoms with Crippen LogP contribution in [0.5, 0.6) is 5.75 Å². The smallest absolute Gasteiger partial charge is 0.348 e. The second-order valence-corrected chi connectivity index (χ2v) is 8.26. The first-order valence-corrected chi connectivity index (χ1v) is 10.2. The topological polar surface area (TPSA) is 64.6 Å². The lowest BCUT2D eigenvalue weighted by Crippen LogP contribution is -2.20. The molecular weight excluding hydrogens is 442 g/mol. The predicted molar refractivity (Wildman–Crippen MR) is 112 cm³/mol. The fraction of sp³-hybridized carbons (Fsp3) is 0.143. The van der Waals surface area contributed by atoms with Gasteiger partial charge in [0.05, 0.1) is 5.69 Å². The lowest BCUT2D eigenvalue weighted by molar-refractivity contribution is -0.119. The van der Waals surface area contributed by atoms with Crippen molar-refractivity contribution >= 4 is 44.8 Å². The molecule has 0 saturated heterocycles. The van der Waals surface area contributed by atoms with Crippen LogP contribution in [-0.4, -0.2) is 18.5 Å². The molecule has 1 aromatic heterocycles. The number of nitrogens with one attached hydrogen (secondary N) is 1. The highest BCUT2D eigenvalue weighted by Gasteiger charge is 2.23. The third kappa shape index (κ3) is 3.81. The molecule has 0 saturated carbocycles. The molecule has 7 heteroatoms. The zero-order valence-corrected chi connectivity index (χ0v) is 17.4. The molecule has 142 valence electrons. The van der Waals surface area contributed by atoms with E-state index in [1.54, 1.807) is 12.1 Å². The van der Waals surface area contributed by atoms with Gasteiger partial charge in [0.15, 0.2) is 6.61 Å². The number of fused-ring (bicyclic) bond motifs is 3. The van der Waals surface area contributed by atoms with Crippen LogP contribution in [0.3, 0.4) is 0 Å². The van der Waals surface area contributed by atoms with E-state index >= 15 is 0 Å². The zero-order valence-electron chi connectivity index (χ0n) is 15.0. The highest BCUT2D eigenvalue weighted by Crippen LogP contribution is 2.42. The Kier molecular flexibility index (Phi) is 5.19. The summed E-state index contributed by atoms with van der Waals surface area (Å²) >= 11 is 4.76. The fourth-order valence-corrected chi connectivity index (χ4v) is 4.59. The standard InChI is InChI=1S/C21H16BrNO4S/c1-12-6-7-16(15(22)8-12)23-19(24)11-27-21(25)18-9-13-10-26-17-5-3-2-4-14(17)20(13)28-18/h2-9H,10-11H2,1H3,(H,23,24). The van der Waals surface area contributed by atoms with Gasteiger partial charge in [0, 0.05) is 20.5 Å². The zero-order chi connectivity index (χ0) is 19.7. The summed E-state index contributed by atoms with van der Waals surface area (Å²) in [6.07, 6.45) is 0. The Morgan fingerprint density at radius 3 is 2.86 bits per heavy atom. The van der Waals surface area contributed by atoms with Gasteiger partial charge in [-0.25, -0.2) is 4.79 Å². The maximum atomic E-state index is 12.4. The lowest BCUT2D eigenvalue weighted by Gasteiger charge is -2.16. The van der Waals surface area contributed by atoms with Gasteiger partial charge < -0.3 is 14.8 Å². The van der Waals surface area contributed by atoms with Gasteiger partial charge in [0.25, 0.3) is 5.91 Å². The highest BCUT2D eigenvalue weighted by molar-refractivity contribution is 9.10. The Balaban J connectivity index is 1.41. The summed E-state index contributed by atoms with van der Waals surface area (Å²) in [4.78, 5) is 26.0. The number of rotatable bonds is 4. The van der Waals surface area contributed by atoms with Crippen molar-refractivity contribution in [3.8, 4) is 16.2 Å². The van der Waals surface area contributed by atoms with E-state index in [0.717, 1.165) is 31.8 Å². The Morgan fingerprint density at radius 1 is 1.21 bits per heavy atom. The van der Waals surface area contributed by atoms with Crippen LogP contribution in [0.4, 0.5) is 5.69 Å². The van der Waals surface area contributed by atoms with Crippen LogP contribution in [0.25, 0.3) is 10.4 Å². The molecule has 1 amide bonds. The van der Waals surface area contributed by atoms with Crippen molar-refractivity contribution in [2.75, 3.05) is 11.9 Å². The molecule has 0 fully saturated rings. The number of anilines is 1. The largest absolute Gasteiger partial charge is 0.488 e. The van der Waals surface area contributed by atoms with Crippen molar-refractivity contribution < 1.29 is 19.1 Å². The monoisotopic (exact) mass is 457 g/mol. The van der Waals surface area contributed by atoms with E-state index in [2.05, 4.69) is 21.2 Å². The summed E-state index contributed by atoms with van der Waals surface area (Å²) in [7, 11) is 0. The number of para-hydroxylation sites is 1. The van der Waals surface area contributed by atoms with Gasteiger partial charge in [0.2, 0.25) is 0 Å². The number of hydrogen-bond donors (Lipinski definition) is 1. The molecular formula is C21H16BrNO4S. The predicted octanol–water partition coefficient (Wildman–Crippen LogP) is 5.17. The van der Waals surface area contributed by atoms with Gasteiger partial charge in [-0.1, -0.05) is 18.2 Å². The first-order valence-electron chi connectivity index (χ1n) is 8.59. The van der Waals surface area contributed by atoms with Gasteiger partial charge in [-0.2, -0.15) is 0 Å². The second kappa shape index (κ2) is 7.77. The van der Waals surface area contributed by atoms with E-state index in [9.17, 15) is 9.59 Å². The summed E-state index contributed by atoms with van der Waals surface area (Å²) in [6.45, 7) is 2.02. The molecule has 2 aromatic carbocycles. The summed E-state index contributed by atoms with van der Waals surface area (Å²) in [5.41, 5.74) is 3.62. The minimum Gasteiger partial charge on any atom is -0.488 e. The molecule has 3 aromatic rings. The van der Waals surface area contributed by atoms with Crippen LogP contribution < -0.4 is 10.1 Å². The summed E-state index contributed by atoms with van der Waals surface area (Å²) < 4.78 is 11.7. The first-order chi connectivity index (χ1) is 13.5. The first kappa shape index (κ1) is 18.7. The second-order valence-electron chi connectivity index (χ2n) is 6.36. The van der Waals surface area contributed by atoms with Crippen molar-refractivity contribution in [1.29, 1.82) is 0 Å². The summed E-state index contributed by atoms with van der Waals surface area (Å²) in [6, 6.07) is 15.1. The number of amides is 1. The molecule has 0 bridgehead atoms. The number of aryl methyl sites for hydroxylation is 1. The molecule has 28 heavy (non-hydrogen) atoms. The van der Waals surface area contributed by atoms with E-state index in [1.807, 2.05) is 43.3 Å². The molecule has 4 rings (SSSR count). The van der Waals surface area contributed by atoms with Crippen LogP contribution >= 0.6 is 27.3 Å². The van der Waals surface area contributed by atoms with E-state index in [1.165, 1.54) is 11.3 Å².